The Bertz CT molecular complexity index is 431. The predicted molar refractivity (Wildman–Crippen MR) is 65.1 cm³/mol. The van der Waals surface area contributed by atoms with Gasteiger partial charge >= 0.3 is 0 Å². The first-order chi connectivity index (χ1) is 8.26. The van der Waals surface area contributed by atoms with Crippen LogP contribution >= 0.6 is 0 Å². The van der Waals surface area contributed by atoms with Crippen LogP contribution in [0.1, 0.15) is 24.8 Å². The molecule has 3 nitrogen and oxygen atoms in total. The fourth-order valence-corrected chi connectivity index (χ4v) is 2.01. The molecular formula is C14H16O3. The smallest absolute Gasteiger partial charge is 0.204 e. The zero-order chi connectivity index (χ0) is 12.3. The summed E-state index contributed by atoms with van der Waals surface area (Å²) in [5.41, 5.74) is 1.02. The van der Waals surface area contributed by atoms with Gasteiger partial charge in [-0.1, -0.05) is 12.1 Å². The molecule has 1 aliphatic rings. The van der Waals surface area contributed by atoms with E-state index in [1.807, 2.05) is 37.3 Å². The molecule has 0 saturated heterocycles. The van der Waals surface area contributed by atoms with Crippen LogP contribution in [0, 0.1) is 0 Å². The summed E-state index contributed by atoms with van der Waals surface area (Å²) in [7, 11) is 1.63. The van der Waals surface area contributed by atoms with Crippen molar-refractivity contribution in [2.45, 2.75) is 19.3 Å². The third-order valence-corrected chi connectivity index (χ3v) is 2.92. The van der Waals surface area contributed by atoms with E-state index in [1.165, 1.54) is 0 Å². The van der Waals surface area contributed by atoms with E-state index in [-0.39, 0.29) is 11.7 Å². The van der Waals surface area contributed by atoms with Crippen molar-refractivity contribution >= 4 is 5.78 Å². The van der Waals surface area contributed by atoms with Crippen LogP contribution in [-0.4, -0.2) is 19.5 Å². The Morgan fingerprint density at radius 2 is 2.00 bits per heavy atom. The van der Waals surface area contributed by atoms with E-state index < -0.39 is 0 Å². The van der Waals surface area contributed by atoms with Crippen molar-refractivity contribution in [1.29, 1.82) is 0 Å². The number of benzene rings is 1. The lowest BCUT2D eigenvalue weighted by Crippen LogP contribution is -2.10. The number of ketones is 1. The van der Waals surface area contributed by atoms with Crippen LogP contribution in [0.3, 0.4) is 0 Å². The summed E-state index contributed by atoms with van der Waals surface area (Å²) in [5, 5.41) is 0. The molecule has 0 bridgehead atoms. The third-order valence-electron chi connectivity index (χ3n) is 2.92. The molecule has 0 amide bonds. The normalized spacial score (nSPS) is 19.1. The number of methoxy groups -OCH3 is 1. The molecular weight excluding hydrogens is 216 g/mol. The van der Waals surface area contributed by atoms with Gasteiger partial charge in [-0.2, -0.15) is 0 Å². The SMILES string of the molecule is CCOC1=CCC(c2ccc(OC)cc2)C1=O. The highest BCUT2D eigenvalue weighted by Crippen LogP contribution is 2.31. The number of carbonyl (C=O) groups is 1. The summed E-state index contributed by atoms with van der Waals surface area (Å²) >= 11 is 0. The quantitative estimate of drug-likeness (QED) is 0.800. The van der Waals surface area contributed by atoms with Crippen LogP contribution in [-0.2, 0) is 9.53 Å². The Hall–Kier alpha value is -1.77. The maximum Gasteiger partial charge on any atom is 0.204 e. The number of rotatable bonds is 4. The molecule has 0 aromatic heterocycles. The fourth-order valence-electron chi connectivity index (χ4n) is 2.01. The van der Waals surface area contributed by atoms with Crippen LogP contribution < -0.4 is 4.74 Å². The monoisotopic (exact) mass is 232 g/mol. The van der Waals surface area contributed by atoms with E-state index in [4.69, 9.17) is 9.47 Å². The first-order valence-corrected chi connectivity index (χ1v) is 5.77. The Kier molecular flexibility index (Phi) is 3.47. The second-order valence-corrected chi connectivity index (χ2v) is 3.93. The molecule has 0 spiro atoms. The lowest BCUT2D eigenvalue weighted by Gasteiger charge is -2.10. The third kappa shape index (κ3) is 2.33. The van der Waals surface area contributed by atoms with Crippen molar-refractivity contribution < 1.29 is 14.3 Å². The van der Waals surface area contributed by atoms with E-state index in [9.17, 15) is 4.79 Å². The lowest BCUT2D eigenvalue weighted by atomic mass is 9.96. The molecule has 0 aliphatic heterocycles. The van der Waals surface area contributed by atoms with Gasteiger partial charge in [0.05, 0.1) is 19.6 Å². The molecule has 2 rings (SSSR count). The standard InChI is InChI=1S/C14H16O3/c1-3-17-13-9-8-12(14(13)15)10-4-6-11(16-2)7-5-10/h4-7,9,12H,3,8H2,1-2H3. The number of allylic oxidation sites excluding steroid dienone is 2. The number of hydrogen-bond acceptors (Lipinski definition) is 3. The Morgan fingerprint density at radius 1 is 1.29 bits per heavy atom. The summed E-state index contributed by atoms with van der Waals surface area (Å²) in [4.78, 5) is 12.0. The van der Waals surface area contributed by atoms with Gasteiger partial charge in [-0.15, -0.1) is 0 Å². The van der Waals surface area contributed by atoms with Crippen molar-refractivity contribution in [2.75, 3.05) is 13.7 Å². The van der Waals surface area contributed by atoms with Gasteiger partial charge in [-0.25, -0.2) is 0 Å². The minimum atomic E-state index is -0.0949. The number of Topliss-reactive ketones (excluding diaryl/α,β-unsaturated/α-hetero) is 1. The average Bonchev–Trinajstić information content (AvgIpc) is 2.72. The summed E-state index contributed by atoms with van der Waals surface area (Å²) in [6, 6.07) is 7.62. The molecule has 1 aromatic carbocycles. The van der Waals surface area contributed by atoms with E-state index >= 15 is 0 Å². The predicted octanol–water partition coefficient (Wildman–Crippen LogP) is 2.67. The number of hydrogen-bond donors (Lipinski definition) is 0. The minimum absolute atomic E-state index is 0.0806. The van der Waals surface area contributed by atoms with Gasteiger partial charge in [-0.05, 0) is 37.1 Å². The largest absolute Gasteiger partial charge is 0.497 e. The van der Waals surface area contributed by atoms with Crippen molar-refractivity contribution in [1.82, 2.24) is 0 Å². The van der Waals surface area contributed by atoms with E-state index in [1.54, 1.807) is 7.11 Å². The summed E-state index contributed by atoms with van der Waals surface area (Å²) < 4.78 is 10.4. The van der Waals surface area contributed by atoms with Gasteiger partial charge in [0.1, 0.15) is 5.75 Å². The maximum absolute atomic E-state index is 12.0. The maximum atomic E-state index is 12.0. The average molecular weight is 232 g/mol. The molecule has 1 unspecified atom stereocenters. The zero-order valence-electron chi connectivity index (χ0n) is 10.1. The van der Waals surface area contributed by atoms with Crippen molar-refractivity contribution in [3.63, 3.8) is 0 Å². The van der Waals surface area contributed by atoms with E-state index in [0.29, 0.717) is 12.4 Å². The summed E-state index contributed by atoms with van der Waals surface area (Å²) in [5.74, 6) is 1.30. The summed E-state index contributed by atoms with van der Waals surface area (Å²) in [6.45, 7) is 2.42. The fraction of sp³-hybridized carbons (Fsp3) is 0.357. The Labute approximate surface area is 101 Å². The second-order valence-electron chi connectivity index (χ2n) is 3.93. The molecule has 0 fully saturated rings. The zero-order valence-corrected chi connectivity index (χ0v) is 10.1. The van der Waals surface area contributed by atoms with Gasteiger partial charge in [0, 0.05) is 0 Å². The van der Waals surface area contributed by atoms with Crippen molar-refractivity contribution in [3.8, 4) is 5.75 Å². The molecule has 0 N–H and O–H groups in total. The van der Waals surface area contributed by atoms with Gasteiger partial charge in [0.2, 0.25) is 5.78 Å². The molecule has 0 saturated carbocycles. The first kappa shape index (κ1) is 11.7. The van der Waals surface area contributed by atoms with Gasteiger partial charge < -0.3 is 9.47 Å². The van der Waals surface area contributed by atoms with Crippen LogP contribution in [0.5, 0.6) is 5.75 Å². The molecule has 1 atom stereocenters. The highest BCUT2D eigenvalue weighted by atomic mass is 16.5. The molecule has 0 heterocycles. The topological polar surface area (TPSA) is 35.5 Å². The van der Waals surface area contributed by atoms with Crippen LogP contribution in [0.15, 0.2) is 36.1 Å². The highest BCUT2D eigenvalue weighted by Gasteiger charge is 2.29. The van der Waals surface area contributed by atoms with E-state index in [0.717, 1.165) is 17.7 Å². The molecule has 90 valence electrons. The van der Waals surface area contributed by atoms with Crippen LogP contribution in [0.25, 0.3) is 0 Å². The molecule has 1 aromatic rings. The van der Waals surface area contributed by atoms with Crippen molar-refractivity contribution in [2.24, 2.45) is 0 Å². The number of ether oxygens (including phenoxy) is 2. The molecule has 17 heavy (non-hydrogen) atoms. The first-order valence-electron chi connectivity index (χ1n) is 5.77. The minimum Gasteiger partial charge on any atom is -0.497 e. The molecule has 0 radical (unpaired) electrons. The Morgan fingerprint density at radius 3 is 2.59 bits per heavy atom. The van der Waals surface area contributed by atoms with Crippen LogP contribution in [0.4, 0.5) is 0 Å². The molecule has 1 aliphatic carbocycles. The van der Waals surface area contributed by atoms with Gasteiger partial charge in [0.25, 0.3) is 0 Å². The number of carbonyl (C=O) groups excluding carboxylic acids is 1. The van der Waals surface area contributed by atoms with Gasteiger partial charge in [0.15, 0.2) is 5.76 Å². The second kappa shape index (κ2) is 5.04. The summed E-state index contributed by atoms with van der Waals surface area (Å²) in [6.07, 6.45) is 2.60. The van der Waals surface area contributed by atoms with E-state index in [2.05, 4.69) is 0 Å². The Balaban J connectivity index is 2.12. The van der Waals surface area contributed by atoms with Crippen LogP contribution in [0.2, 0.25) is 0 Å². The van der Waals surface area contributed by atoms with Crippen molar-refractivity contribution in [3.05, 3.63) is 41.7 Å². The molecule has 3 heteroatoms. The highest BCUT2D eigenvalue weighted by molar-refractivity contribution is 6.01. The lowest BCUT2D eigenvalue weighted by molar-refractivity contribution is -0.119. The van der Waals surface area contributed by atoms with Gasteiger partial charge in [-0.3, -0.25) is 4.79 Å².